The first-order valence-electron chi connectivity index (χ1n) is 8.51. The van der Waals surface area contributed by atoms with Crippen LogP contribution in [0.4, 0.5) is 0 Å². The van der Waals surface area contributed by atoms with Gasteiger partial charge in [0.05, 0.1) is 5.56 Å². The van der Waals surface area contributed by atoms with E-state index in [0.717, 1.165) is 29.5 Å². The summed E-state index contributed by atoms with van der Waals surface area (Å²) in [5.41, 5.74) is 3.20. The van der Waals surface area contributed by atoms with Crippen LogP contribution in [0.25, 0.3) is 0 Å². The van der Waals surface area contributed by atoms with Gasteiger partial charge < -0.3 is 9.84 Å². The molecule has 1 N–H and O–H groups in total. The largest absolute Gasteiger partial charge is 0.478 e. The number of aromatic nitrogens is 2. The number of rotatable bonds is 8. The van der Waals surface area contributed by atoms with E-state index in [1.54, 1.807) is 18.3 Å². The zero-order valence-electron chi connectivity index (χ0n) is 14.3. The number of nitrogens with zero attached hydrogens (tertiary/aromatic N) is 2. The maximum Gasteiger partial charge on any atom is 0.335 e. The zero-order chi connectivity index (χ0) is 18.2. The summed E-state index contributed by atoms with van der Waals surface area (Å²) in [5.74, 6) is -0.314. The molecule has 0 unspecified atom stereocenters. The molecule has 0 radical (unpaired) electrons. The quantitative estimate of drug-likeness (QED) is 0.668. The highest BCUT2D eigenvalue weighted by molar-refractivity contribution is 5.89. The van der Waals surface area contributed by atoms with E-state index in [9.17, 15) is 9.90 Å². The third-order valence-corrected chi connectivity index (χ3v) is 4.11. The molecular weight excluding hydrogens is 328 g/mol. The van der Waals surface area contributed by atoms with E-state index in [1.165, 1.54) is 6.33 Å². The van der Waals surface area contributed by atoms with E-state index in [1.807, 2.05) is 42.5 Å². The van der Waals surface area contributed by atoms with E-state index in [0.29, 0.717) is 24.5 Å². The van der Waals surface area contributed by atoms with Crippen LogP contribution in [0.1, 0.15) is 33.5 Å². The summed E-state index contributed by atoms with van der Waals surface area (Å²) < 4.78 is 5.84. The van der Waals surface area contributed by atoms with Crippen LogP contribution >= 0.6 is 0 Å². The van der Waals surface area contributed by atoms with E-state index >= 15 is 0 Å². The van der Waals surface area contributed by atoms with Gasteiger partial charge in [0.15, 0.2) is 0 Å². The van der Waals surface area contributed by atoms with Gasteiger partial charge in [-0.1, -0.05) is 48.5 Å². The van der Waals surface area contributed by atoms with Crippen LogP contribution < -0.4 is 4.74 Å². The fourth-order valence-corrected chi connectivity index (χ4v) is 2.79. The van der Waals surface area contributed by atoms with Crippen LogP contribution in [-0.4, -0.2) is 21.0 Å². The van der Waals surface area contributed by atoms with Crippen molar-refractivity contribution in [2.24, 2.45) is 0 Å². The number of carboxylic acids is 1. The molecule has 0 aliphatic carbocycles. The van der Waals surface area contributed by atoms with Gasteiger partial charge in [0.2, 0.25) is 5.88 Å². The van der Waals surface area contributed by atoms with Gasteiger partial charge >= 0.3 is 5.97 Å². The van der Waals surface area contributed by atoms with Gasteiger partial charge in [0.1, 0.15) is 12.9 Å². The van der Waals surface area contributed by atoms with Crippen molar-refractivity contribution in [1.29, 1.82) is 0 Å². The lowest BCUT2D eigenvalue weighted by Crippen LogP contribution is -2.04. The molecule has 3 rings (SSSR count). The van der Waals surface area contributed by atoms with Gasteiger partial charge in [-0.3, -0.25) is 0 Å². The molecule has 0 spiro atoms. The molecule has 5 heteroatoms. The van der Waals surface area contributed by atoms with E-state index in [4.69, 9.17) is 4.74 Å². The number of hydrogen-bond donors (Lipinski definition) is 1. The normalized spacial score (nSPS) is 10.5. The maximum absolute atomic E-state index is 11.3. The minimum atomic E-state index is -0.893. The second kappa shape index (κ2) is 8.76. The summed E-state index contributed by atoms with van der Waals surface area (Å²) >= 11 is 0. The SMILES string of the molecule is O=C(O)c1ccccc1CCCc1cncnc1OCc1ccccc1. The maximum atomic E-state index is 11.3. The van der Waals surface area contributed by atoms with Crippen LogP contribution in [0, 0.1) is 0 Å². The molecule has 5 nitrogen and oxygen atoms in total. The van der Waals surface area contributed by atoms with Crippen molar-refractivity contribution in [3.8, 4) is 5.88 Å². The Hall–Kier alpha value is -3.21. The lowest BCUT2D eigenvalue weighted by Gasteiger charge is -2.10. The standard InChI is InChI=1S/C21H20N2O3/c24-21(25)19-12-5-4-9-17(19)10-6-11-18-13-22-15-23-20(18)26-14-16-7-2-1-3-8-16/h1-5,7-9,12-13,15H,6,10-11,14H2,(H,24,25). The molecule has 0 bridgehead atoms. The highest BCUT2D eigenvalue weighted by Gasteiger charge is 2.10. The Morgan fingerprint density at radius 3 is 2.50 bits per heavy atom. The van der Waals surface area contributed by atoms with Crippen molar-refractivity contribution >= 4 is 5.97 Å². The van der Waals surface area contributed by atoms with Gasteiger partial charge in [0, 0.05) is 11.8 Å². The molecule has 0 saturated carbocycles. The molecular formula is C21H20N2O3. The second-order valence-corrected chi connectivity index (χ2v) is 5.94. The lowest BCUT2D eigenvalue weighted by atomic mass is 10.0. The summed E-state index contributed by atoms with van der Waals surface area (Å²) in [6, 6.07) is 17.0. The van der Waals surface area contributed by atoms with Crippen LogP contribution in [-0.2, 0) is 19.4 Å². The number of carboxylic acid groups (broad SMARTS) is 1. The molecule has 26 heavy (non-hydrogen) atoms. The molecule has 0 aliphatic rings. The fourth-order valence-electron chi connectivity index (χ4n) is 2.79. The van der Waals surface area contributed by atoms with Crippen LogP contribution in [0.15, 0.2) is 67.1 Å². The minimum Gasteiger partial charge on any atom is -0.478 e. The molecule has 1 aromatic heterocycles. The van der Waals surface area contributed by atoms with Gasteiger partial charge in [-0.2, -0.15) is 0 Å². The van der Waals surface area contributed by atoms with Crippen molar-refractivity contribution in [2.45, 2.75) is 25.9 Å². The molecule has 0 aliphatic heterocycles. The predicted octanol–water partition coefficient (Wildman–Crippen LogP) is 3.93. The van der Waals surface area contributed by atoms with Gasteiger partial charge in [-0.15, -0.1) is 0 Å². The van der Waals surface area contributed by atoms with E-state index in [-0.39, 0.29) is 0 Å². The predicted molar refractivity (Wildman–Crippen MR) is 98.2 cm³/mol. The molecule has 1 heterocycles. The van der Waals surface area contributed by atoms with E-state index in [2.05, 4.69) is 9.97 Å². The summed E-state index contributed by atoms with van der Waals surface area (Å²) in [6.45, 7) is 0.451. The third kappa shape index (κ3) is 4.66. The molecule has 0 fully saturated rings. The first-order valence-corrected chi connectivity index (χ1v) is 8.51. The Morgan fingerprint density at radius 2 is 1.69 bits per heavy atom. The summed E-state index contributed by atoms with van der Waals surface area (Å²) in [4.78, 5) is 19.6. The molecule has 2 aromatic carbocycles. The second-order valence-electron chi connectivity index (χ2n) is 5.94. The van der Waals surface area contributed by atoms with Gasteiger partial charge in [-0.05, 0) is 36.5 Å². The summed E-state index contributed by atoms with van der Waals surface area (Å²) in [6.07, 6.45) is 5.42. The van der Waals surface area contributed by atoms with Crippen LogP contribution in [0.5, 0.6) is 5.88 Å². The van der Waals surface area contributed by atoms with Crippen molar-refractivity contribution in [1.82, 2.24) is 9.97 Å². The first-order chi connectivity index (χ1) is 12.7. The summed E-state index contributed by atoms with van der Waals surface area (Å²) in [7, 11) is 0. The number of ether oxygens (including phenoxy) is 1. The monoisotopic (exact) mass is 348 g/mol. The van der Waals surface area contributed by atoms with Crippen LogP contribution in [0.2, 0.25) is 0 Å². The third-order valence-electron chi connectivity index (χ3n) is 4.11. The van der Waals surface area contributed by atoms with E-state index < -0.39 is 5.97 Å². The summed E-state index contributed by atoms with van der Waals surface area (Å²) in [5, 5.41) is 9.26. The number of carbonyl (C=O) groups is 1. The number of hydrogen-bond acceptors (Lipinski definition) is 4. The smallest absolute Gasteiger partial charge is 0.335 e. The molecule has 0 saturated heterocycles. The molecule has 3 aromatic rings. The highest BCUT2D eigenvalue weighted by Crippen LogP contribution is 2.19. The van der Waals surface area contributed by atoms with Gasteiger partial charge in [0.25, 0.3) is 0 Å². The number of aryl methyl sites for hydroxylation is 2. The average molecular weight is 348 g/mol. The highest BCUT2D eigenvalue weighted by atomic mass is 16.5. The van der Waals surface area contributed by atoms with Crippen LogP contribution in [0.3, 0.4) is 0 Å². The van der Waals surface area contributed by atoms with Crippen molar-refractivity contribution in [2.75, 3.05) is 0 Å². The van der Waals surface area contributed by atoms with Crippen molar-refractivity contribution < 1.29 is 14.6 Å². The number of benzene rings is 2. The molecule has 0 atom stereocenters. The Labute approximate surface area is 152 Å². The molecule has 0 amide bonds. The van der Waals surface area contributed by atoms with Crippen molar-refractivity contribution in [3.05, 3.63) is 89.4 Å². The Bertz CT molecular complexity index is 866. The average Bonchev–Trinajstić information content (AvgIpc) is 2.68. The fraction of sp³-hybridized carbons (Fsp3) is 0.190. The first kappa shape index (κ1) is 17.6. The Kier molecular flexibility index (Phi) is 5.93. The lowest BCUT2D eigenvalue weighted by molar-refractivity contribution is 0.0695. The minimum absolute atomic E-state index is 0.359. The Morgan fingerprint density at radius 1 is 0.962 bits per heavy atom. The topological polar surface area (TPSA) is 72.3 Å². The zero-order valence-corrected chi connectivity index (χ0v) is 14.3. The number of aromatic carboxylic acids is 1. The van der Waals surface area contributed by atoms with Gasteiger partial charge in [-0.25, -0.2) is 14.8 Å². The van der Waals surface area contributed by atoms with Crippen molar-refractivity contribution in [3.63, 3.8) is 0 Å². The Balaban J connectivity index is 1.61. The molecule has 132 valence electrons.